The molecule has 3 rings (SSSR count). The van der Waals surface area contributed by atoms with Crippen LogP contribution >= 0.6 is 0 Å². The summed E-state index contributed by atoms with van der Waals surface area (Å²) in [5.74, 6) is 0.912. The summed E-state index contributed by atoms with van der Waals surface area (Å²) in [5, 5.41) is 3.35. The molecule has 1 N–H and O–H groups in total. The minimum Gasteiger partial charge on any atom is -0.326 e. The van der Waals surface area contributed by atoms with Crippen LogP contribution in [0.2, 0.25) is 0 Å². The van der Waals surface area contributed by atoms with Crippen LogP contribution < -0.4 is 5.32 Å². The highest BCUT2D eigenvalue weighted by atomic mass is 15.2. The van der Waals surface area contributed by atoms with E-state index in [0.717, 1.165) is 30.8 Å². The van der Waals surface area contributed by atoms with Gasteiger partial charge in [-0.15, -0.1) is 0 Å². The van der Waals surface area contributed by atoms with Gasteiger partial charge in [-0.2, -0.15) is 0 Å². The molecule has 4 heteroatoms. The summed E-state index contributed by atoms with van der Waals surface area (Å²) in [6.07, 6.45) is 6.60. The Kier molecular flexibility index (Phi) is 3.51. The minimum atomic E-state index is 0.814. The van der Waals surface area contributed by atoms with Crippen molar-refractivity contribution in [2.24, 2.45) is 0 Å². The number of nitrogens with one attached hydrogen (secondary N) is 1. The first-order valence-electron chi connectivity index (χ1n) is 6.86. The van der Waals surface area contributed by atoms with Crippen LogP contribution in [0, 0.1) is 0 Å². The molecule has 19 heavy (non-hydrogen) atoms. The SMILES string of the molecule is CN(CCn1ccnc1Nc1ccccc1)C1CC1. The summed E-state index contributed by atoms with van der Waals surface area (Å²) in [5.41, 5.74) is 1.07. The molecule has 1 aromatic carbocycles. The summed E-state index contributed by atoms with van der Waals surface area (Å²) in [6, 6.07) is 11.0. The van der Waals surface area contributed by atoms with E-state index < -0.39 is 0 Å². The number of aromatic nitrogens is 2. The van der Waals surface area contributed by atoms with Crippen LogP contribution in [0.25, 0.3) is 0 Å². The molecule has 1 aliphatic carbocycles. The molecular weight excluding hydrogens is 236 g/mol. The second-order valence-corrected chi connectivity index (χ2v) is 5.15. The van der Waals surface area contributed by atoms with Crippen LogP contribution in [-0.4, -0.2) is 34.1 Å². The second-order valence-electron chi connectivity index (χ2n) is 5.15. The number of hydrogen-bond acceptors (Lipinski definition) is 3. The molecule has 0 spiro atoms. The molecular formula is C15H20N4. The van der Waals surface area contributed by atoms with Gasteiger partial charge >= 0.3 is 0 Å². The Balaban J connectivity index is 1.61. The summed E-state index contributed by atoms with van der Waals surface area (Å²) < 4.78 is 2.17. The number of rotatable bonds is 6. The zero-order valence-corrected chi connectivity index (χ0v) is 11.3. The summed E-state index contributed by atoms with van der Waals surface area (Å²) in [7, 11) is 2.21. The molecule has 0 bridgehead atoms. The van der Waals surface area contributed by atoms with Gasteiger partial charge in [0.15, 0.2) is 0 Å². The standard InChI is InChI=1S/C15H20N4/c1-18(14-7-8-14)11-12-19-10-9-16-15(19)17-13-5-3-2-4-6-13/h2-6,9-10,14H,7-8,11-12H2,1H3,(H,16,17). The average molecular weight is 256 g/mol. The number of nitrogens with zero attached hydrogens (tertiary/aromatic N) is 3. The second kappa shape index (κ2) is 5.45. The first kappa shape index (κ1) is 12.2. The molecule has 0 atom stereocenters. The largest absolute Gasteiger partial charge is 0.326 e. The van der Waals surface area contributed by atoms with Gasteiger partial charge in [0.1, 0.15) is 0 Å². The van der Waals surface area contributed by atoms with Crippen LogP contribution in [-0.2, 0) is 6.54 Å². The third-order valence-electron chi connectivity index (χ3n) is 3.61. The zero-order chi connectivity index (χ0) is 13.1. The van der Waals surface area contributed by atoms with Crippen molar-refractivity contribution in [3.05, 3.63) is 42.7 Å². The Morgan fingerprint density at radius 1 is 1.32 bits per heavy atom. The lowest BCUT2D eigenvalue weighted by Gasteiger charge is -2.17. The van der Waals surface area contributed by atoms with E-state index in [4.69, 9.17) is 0 Å². The third-order valence-corrected chi connectivity index (χ3v) is 3.61. The monoisotopic (exact) mass is 256 g/mol. The molecule has 4 nitrogen and oxygen atoms in total. The fourth-order valence-electron chi connectivity index (χ4n) is 2.23. The Labute approximate surface area is 114 Å². The van der Waals surface area contributed by atoms with Crippen molar-refractivity contribution in [2.45, 2.75) is 25.4 Å². The molecule has 0 aliphatic heterocycles. The van der Waals surface area contributed by atoms with Crippen molar-refractivity contribution in [3.8, 4) is 0 Å². The Hall–Kier alpha value is -1.81. The average Bonchev–Trinajstić information content (AvgIpc) is 3.20. The summed E-state index contributed by atoms with van der Waals surface area (Å²) in [4.78, 5) is 6.82. The quantitative estimate of drug-likeness (QED) is 0.862. The molecule has 1 aromatic heterocycles. The van der Waals surface area contributed by atoms with Crippen molar-refractivity contribution in [3.63, 3.8) is 0 Å². The fraction of sp³-hybridized carbons (Fsp3) is 0.400. The third kappa shape index (κ3) is 3.15. The smallest absolute Gasteiger partial charge is 0.207 e. The first-order valence-corrected chi connectivity index (χ1v) is 6.86. The van der Waals surface area contributed by atoms with Gasteiger partial charge in [-0.25, -0.2) is 4.98 Å². The molecule has 2 aromatic rings. The Morgan fingerprint density at radius 3 is 2.84 bits per heavy atom. The van der Waals surface area contributed by atoms with Crippen molar-refractivity contribution < 1.29 is 0 Å². The van der Waals surface area contributed by atoms with Gasteiger partial charge in [-0.1, -0.05) is 18.2 Å². The molecule has 1 heterocycles. The molecule has 0 unspecified atom stereocenters. The molecule has 1 fully saturated rings. The predicted molar refractivity (Wildman–Crippen MR) is 77.6 cm³/mol. The lowest BCUT2D eigenvalue weighted by molar-refractivity contribution is 0.310. The van der Waals surface area contributed by atoms with E-state index in [-0.39, 0.29) is 0 Å². The van der Waals surface area contributed by atoms with Crippen LogP contribution in [0.3, 0.4) is 0 Å². The molecule has 0 saturated heterocycles. The van der Waals surface area contributed by atoms with Gasteiger partial charge in [0.2, 0.25) is 5.95 Å². The number of likely N-dealkylation sites (N-methyl/N-ethyl adjacent to an activating group) is 1. The van der Waals surface area contributed by atoms with Gasteiger partial charge < -0.3 is 14.8 Å². The molecule has 1 aliphatic rings. The van der Waals surface area contributed by atoms with E-state index in [0.29, 0.717) is 0 Å². The van der Waals surface area contributed by atoms with E-state index in [1.807, 2.05) is 30.6 Å². The van der Waals surface area contributed by atoms with Crippen LogP contribution in [0.15, 0.2) is 42.7 Å². The van der Waals surface area contributed by atoms with Crippen molar-refractivity contribution in [2.75, 3.05) is 18.9 Å². The van der Waals surface area contributed by atoms with Gasteiger partial charge in [0.05, 0.1) is 0 Å². The molecule has 1 saturated carbocycles. The van der Waals surface area contributed by atoms with Gasteiger partial charge in [0, 0.05) is 37.2 Å². The van der Waals surface area contributed by atoms with Crippen LogP contribution in [0.1, 0.15) is 12.8 Å². The highest BCUT2D eigenvalue weighted by Gasteiger charge is 2.25. The first-order chi connectivity index (χ1) is 9.33. The predicted octanol–water partition coefficient (Wildman–Crippen LogP) is 2.72. The Morgan fingerprint density at radius 2 is 2.11 bits per heavy atom. The number of hydrogen-bond donors (Lipinski definition) is 1. The maximum atomic E-state index is 4.38. The normalized spacial score (nSPS) is 14.8. The Bertz CT molecular complexity index is 516. The van der Waals surface area contributed by atoms with Gasteiger partial charge in [-0.05, 0) is 32.0 Å². The van der Waals surface area contributed by atoms with Crippen molar-refractivity contribution in [1.29, 1.82) is 0 Å². The number of para-hydroxylation sites is 1. The summed E-state index contributed by atoms with van der Waals surface area (Å²) in [6.45, 7) is 2.05. The highest BCUT2D eigenvalue weighted by molar-refractivity contribution is 5.52. The van der Waals surface area contributed by atoms with Gasteiger partial charge in [0.25, 0.3) is 0 Å². The van der Waals surface area contributed by atoms with Crippen molar-refractivity contribution in [1.82, 2.24) is 14.5 Å². The number of anilines is 2. The molecule has 0 radical (unpaired) electrons. The maximum absolute atomic E-state index is 4.38. The van der Waals surface area contributed by atoms with E-state index in [2.05, 4.69) is 38.9 Å². The maximum Gasteiger partial charge on any atom is 0.207 e. The van der Waals surface area contributed by atoms with E-state index in [1.165, 1.54) is 12.8 Å². The number of imidazole rings is 1. The van der Waals surface area contributed by atoms with Crippen LogP contribution in [0.4, 0.5) is 11.6 Å². The van der Waals surface area contributed by atoms with E-state index >= 15 is 0 Å². The van der Waals surface area contributed by atoms with Crippen LogP contribution in [0.5, 0.6) is 0 Å². The van der Waals surface area contributed by atoms with Crippen molar-refractivity contribution >= 4 is 11.6 Å². The lowest BCUT2D eigenvalue weighted by Crippen LogP contribution is -2.25. The summed E-state index contributed by atoms with van der Waals surface area (Å²) >= 11 is 0. The van der Waals surface area contributed by atoms with Gasteiger partial charge in [-0.3, -0.25) is 0 Å². The van der Waals surface area contributed by atoms with E-state index in [9.17, 15) is 0 Å². The lowest BCUT2D eigenvalue weighted by atomic mass is 10.3. The highest BCUT2D eigenvalue weighted by Crippen LogP contribution is 2.25. The topological polar surface area (TPSA) is 33.1 Å². The number of benzene rings is 1. The fourth-order valence-corrected chi connectivity index (χ4v) is 2.23. The zero-order valence-electron chi connectivity index (χ0n) is 11.3. The molecule has 100 valence electrons. The van der Waals surface area contributed by atoms with E-state index in [1.54, 1.807) is 0 Å². The minimum absolute atomic E-state index is 0.814. The molecule has 0 amide bonds.